The van der Waals surface area contributed by atoms with Gasteiger partial charge in [0.05, 0.1) is 12.4 Å². The van der Waals surface area contributed by atoms with Gasteiger partial charge in [0.2, 0.25) is 0 Å². The molecule has 1 saturated carbocycles. The van der Waals surface area contributed by atoms with Crippen LogP contribution >= 0.6 is 0 Å². The zero-order valence-corrected chi connectivity index (χ0v) is 10.8. The fourth-order valence-corrected chi connectivity index (χ4v) is 1.62. The van der Waals surface area contributed by atoms with Crippen molar-refractivity contribution >= 4 is 11.7 Å². The van der Waals surface area contributed by atoms with Crippen LogP contribution in [0.15, 0.2) is 12.4 Å². The highest BCUT2D eigenvalue weighted by Gasteiger charge is 2.21. The number of hydrogen-bond acceptors (Lipinski definition) is 4. The zero-order chi connectivity index (χ0) is 12.8. The average molecular weight is 248 g/mol. The van der Waals surface area contributed by atoms with E-state index in [4.69, 9.17) is 0 Å². The second kappa shape index (κ2) is 6.33. The van der Waals surface area contributed by atoms with Crippen molar-refractivity contribution in [1.82, 2.24) is 15.3 Å². The summed E-state index contributed by atoms with van der Waals surface area (Å²) in [6.45, 7) is 2.84. The molecule has 0 aromatic carbocycles. The van der Waals surface area contributed by atoms with Crippen molar-refractivity contribution in [2.75, 3.05) is 11.9 Å². The SMILES string of the molecule is CCCCCNC(=O)c1cnc(NC2CC2)cn1. The number of anilines is 1. The van der Waals surface area contributed by atoms with E-state index >= 15 is 0 Å². The van der Waals surface area contributed by atoms with Gasteiger partial charge in [-0.2, -0.15) is 0 Å². The maximum atomic E-state index is 11.7. The number of hydrogen-bond donors (Lipinski definition) is 2. The largest absolute Gasteiger partial charge is 0.366 e. The van der Waals surface area contributed by atoms with Gasteiger partial charge in [0.25, 0.3) is 5.91 Å². The van der Waals surface area contributed by atoms with E-state index in [-0.39, 0.29) is 5.91 Å². The van der Waals surface area contributed by atoms with Crippen molar-refractivity contribution in [2.45, 2.75) is 45.1 Å². The Labute approximate surface area is 107 Å². The Morgan fingerprint density at radius 3 is 2.78 bits per heavy atom. The van der Waals surface area contributed by atoms with E-state index in [2.05, 4.69) is 27.5 Å². The van der Waals surface area contributed by atoms with Crippen molar-refractivity contribution in [3.63, 3.8) is 0 Å². The molecule has 1 fully saturated rings. The first-order valence-corrected chi connectivity index (χ1v) is 6.66. The average Bonchev–Trinajstić information content (AvgIpc) is 3.19. The van der Waals surface area contributed by atoms with Gasteiger partial charge in [-0.25, -0.2) is 9.97 Å². The molecule has 1 heterocycles. The van der Waals surface area contributed by atoms with Crippen molar-refractivity contribution in [2.24, 2.45) is 0 Å². The molecule has 0 aliphatic heterocycles. The predicted octanol–water partition coefficient (Wildman–Crippen LogP) is 1.97. The maximum absolute atomic E-state index is 11.7. The topological polar surface area (TPSA) is 66.9 Å². The smallest absolute Gasteiger partial charge is 0.271 e. The molecule has 0 unspecified atom stereocenters. The standard InChI is InChI=1S/C13H20N4O/c1-2-3-4-7-14-13(18)11-8-16-12(9-15-11)17-10-5-6-10/h8-10H,2-7H2,1H3,(H,14,18)(H,16,17). The number of amides is 1. The molecule has 5 heteroatoms. The van der Waals surface area contributed by atoms with Crippen LogP contribution in [0.1, 0.15) is 49.5 Å². The van der Waals surface area contributed by atoms with E-state index in [1.54, 1.807) is 6.20 Å². The zero-order valence-electron chi connectivity index (χ0n) is 10.8. The fourth-order valence-electron chi connectivity index (χ4n) is 1.62. The van der Waals surface area contributed by atoms with Crippen LogP contribution in [0.25, 0.3) is 0 Å². The first-order valence-electron chi connectivity index (χ1n) is 6.66. The highest BCUT2D eigenvalue weighted by atomic mass is 16.1. The monoisotopic (exact) mass is 248 g/mol. The Morgan fingerprint density at radius 2 is 2.17 bits per heavy atom. The third-order valence-electron chi connectivity index (χ3n) is 2.88. The molecule has 98 valence electrons. The lowest BCUT2D eigenvalue weighted by atomic mass is 10.2. The molecule has 18 heavy (non-hydrogen) atoms. The summed E-state index contributed by atoms with van der Waals surface area (Å²) < 4.78 is 0. The van der Waals surface area contributed by atoms with Crippen LogP contribution in [0, 0.1) is 0 Å². The van der Waals surface area contributed by atoms with Gasteiger partial charge in [-0.1, -0.05) is 19.8 Å². The molecule has 1 aliphatic carbocycles. The van der Waals surface area contributed by atoms with Gasteiger partial charge in [0.1, 0.15) is 11.5 Å². The summed E-state index contributed by atoms with van der Waals surface area (Å²) in [6.07, 6.45) is 8.84. The molecule has 5 nitrogen and oxygen atoms in total. The van der Waals surface area contributed by atoms with Gasteiger partial charge in [0.15, 0.2) is 0 Å². The highest BCUT2D eigenvalue weighted by Crippen LogP contribution is 2.22. The van der Waals surface area contributed by atoms with Crippen LogP contribution in [-0.4, -0.2) is 28.5 Å². The number of rotatable bonds is 7. The highest BCUT2D eigenvalue weighted by molar-refractivity contribution is 5.91. The molecule has 2 rings (SSSR count). The Kier molecular flexibility index (Phi) is 4.50. The third-order valence-corrected chi connectivity index (χ3v) is 2.88. The van der Waals surface area contributed by atoms with Crippen LogP contribution in [0.3, 0.4) is 0 Å². The number of carbonyl (C=O) groups excluding carboxylic acids is 1. The summed E-state index contributed by atoms with van der Waals surface area (Å²) in [5.74, 6) is 0.608. The summed E-state index contributed by atoms with van der Waals surface area (Å²) >= 11 is 0. The minimum atomic E-state index is -0.142. The summed E-state index contributed by atoms with van der Waals surface area (Å²) in [5.41, 5.74) is 0.382. The Morgan fingerprint density at radius 1 is 1.33 bits per heavy atom. The minimum absolute atomic E-state index is 0.142. The van der Waals surface area contributed by atoms with Crippen LogP contribution < -0.4 is 10.6 Å². The summed E-state index contributed by atoms with van der Waals surface area (Å²) in [7, 11) is 0. The molecule has 0 radical (unpaired) electrons. The summed E-state index contributed by atoms with van der Waals surface area (Å²) in [6, 6.07) is 0.549. The predicted molar refractivity (Wildman–Crippen MR) is 70.5 cm³/mol. The molecule has 0 spiro atoms. The number of carbonyl (C=O) groups is 1. The molecular weight excluding hydrogens is 228 g/mol. The van der Waals surface area contributed by atoms with Crippen molar-refractivity contribution < 1.29 is 4.79 Å². The molecule has 1 aromatic heterocycles. The second-order valence-electron chi connectivity index (χ2n) is 4.67. The Hall–Kier alpha value is -1.65. The number of aromatic nitrogens is 2. The van der Waals surface area contributed by atoms with E-state index in [1.165, 1.54) is 19.0 Å². The summed E-state index contributed by atoms with van der Waals surface area (Å²) in [5, 5.41) is 6.08. The van der Waals surface area contributed by atoms with E-state index in [0.29, 0.717) is 18.3 Å². The van der Waals surface area contributed by atoms with E-state index < -0.39 is 0 Å². The normalized spacial score (nSPS) is 14.3. The lowest BCUT2D eigenvalue weighted by molar-refractivity contribution is 0.0947. The molecule has 1 aliphatic rings. The molecule has 2 N–H and O–H groups in total. The van der Waals surface area contributed by atoms with Crippen LogP contribution in [0.4, 0.5) is 5.82 Å². The van der Waals surface area contributed by atoms with Crippen molar-refractivity contribution in [3.8, 4) is 0 Å². The third kappa shape index (κ3) is 3.98. The van der Waals surface area contributed by atoms with Gasteiger partial charge in [-0.15, -0.1) is 0 Å². The maximum Gasteiger partial charge on any atom is 0.271 e. The van der Waals surface area contributed by atoms with Gasteiger partial charge in [-0.3, -0.25) is 4.79 Å². The molecular formula is C13H20N4O. The quantitative estimate of drug-likeness (QED) is 0.724. The van der Waals surface area contributed by atoms with Crippen LogP contribution in [0.2, 0.25) is 0 Å². The molecule has 0 bridgehead atoms. The number of nitrogens with zero attached hydrogens (tertiary/aromatic N) is 2. The van der Waals surface area contributed by atoms with Crippen molar-refractivity contribution in [3.05, 3.63) is 18.1 Å². The molecule has 0 saturated heterocycles. The molecule has 0 atom stereocenters. The lowest BCUT2D eigenvalue weighted by Crippen LogP contribution is -2.25. The number of unbranched alkanes of at least 4 members (excludes halogenated alkanes) is 2. The Bertz CT molecular complexity index is 386. The van der Waals surface area contributed by atoms with Crippen LogP contribution in [-0.2, 0) is 0 Å². The first-order chi connectivity index (χ1) is 8.79. The lowest BCUT2D eigenvalue weighted by Gasteiger charge is -2.05. The Balaban J connectivity index is 1.78. The first kappa shape index (κ1) is 12.8. The van der Waals surface area contributed by atoms with Crippen LogP contribution in [0.5, 0.6) is 0 Å². The van der Waals surface area contributed by atoms with Gasteiger partial charge in [-0.05, 0) is 19.3 Å². The molecule has 1 amide bonds. The molecule has 1 aromatic rings. The van der Waals surface area contributed by atoms with E-state index in [9.17, 15) is 4.79 Å². The second-order valence-corrected chi connectivity index (χ2v) is 4.67. The van der Waals surface area contributed by atoms with E-state index in [1.807, 2.05) is 0 Å². The number of nitrogens with one attached hydrogen (secondary N) is 2. The van der Waals surface area contributed by atoms with Gasteiger partial charge in [0, 0.05) is 12.6 Å². The summed E-state index contributed by atoms with van der Waals surface area (Å²) in [4.78, 5) is 20.0. The van der Waals surface area contributed by atoms with Gasteiger partial charge >= 0.3 is 0 Å². The minimum Gasteiger partial charge on any atom is -0.366 e. The fraction of sp³-hybridized carbons (Fsp3) is 0.615. The van der Waals surface area contributed by atoms with Crippen molar-refractivity contribution in [1.29, 1.82) is 0 Å². The van der Waals surface area contributed by atoms with E-state index in [0.717, 1.165) is 25.1 Å². The van der Waals surface area contributed by atoms with Gasteiger partial charge < -0.3 is 10.6 Å².